The summed E-state index contributed by atoms with van der Waals surface area (Å²) in [6.45, 7) is 5.69. The van der Waals surface area contributed by atoms with Crippen LogP contribution in [0.4, 0.5) is 5.69 Å². The standard InChI is InChI=1S/C12H17ClN2O4S/c1-8(2)6-9(3)14-20(18,19)12-7-10(15(16)17)4-5-11(12)13/h4-5,7-9,14H,6H2,1-3H3. The predicted octanol–water partition coefficient (Wildman–Crippen LogP) is 2.96. The minimum atomic E-state index is -3.88. The molecule has 6 nitrogen and oxygen atoms in total. The second-order valence-electron chi connectivity index (χ2n) is 5.02. The van der Waals surface area contributed by atoms with E-state index in [1.165, 1.54) is 12.1 Å². The van der Waals surface area contributed by atoms with Crippen LogP contribution in [-0.2, 0) is 10.0 Å². The smallest absolute Gasteiger partial charge is 0.258 e. The summed E-state index contributed by atoms with van der Waals surface area (Å²) in [5.41, 5.74) is -0.314. The molecule has 0 aliphatic rings. The van der Waals surface area contributed by atoms with Crippen molar-refractivity contribution in [2.45, 2.75) is 38.1 Å². The second-order valence-corrected chi connectivity index (χ2v) is 7.11. The number of nitrogens with zero attached hydrogens (tertiary/aromatic N) is 1. The van der Waals surface area contributed by atoms with E-state index in [0.717, 1.165) is 6.07 Å². The summed E-state index contributed by atoms with van der Waals surface area (Å²) in [6, 6.07) is 3.06. The van der Waals surface area contributed by atoms with Crippen molar-refractivity contribution >= 4 is 27.3 Å². The lowest BCUT2D eigenvalue weighted by atomic mass is 10.1. The van der Waals surface area contributed by atoms with Gasteiger partial charge in [0.1, 0.15) is 4.90 Å². The number of hydrogen-bond acceptors (Lipinski definition) is 4. The second kappa shape index (κ2) is 6.51. The minimum Gasteiger partial charge on any atom is -0.258 e. The highest BCUT2D eigenvalue weighted by Crippen LogP contribution is 2.26. The molecule has 1 aromatic rings. The molecule has 0 aromatic heterocycles. The van der Waals surface area contributed by atoms with Crippen molar-refractivity contribution in [3.63, 3.8) is 0 Å². The van der Waals surface area contributed by atoms with Gasteiger partial charge in [-0.25, -0.2) is 13.1 Å². The van der Waals surface area contributed by atoms with Crippen molar-refractivity contribution in [2.24, 2.45) is 5.92 Å². The van der Waals surface area contributed by atoms with Gasteiger partial charge in [0.05, 0.1) is 9.95 Å². The number of nitrogens with one attached hydrogen (secondary N) is 1. The van der Waals surface area contributed by atoms with Gasteiger partial charge in [-0.05, 0) is 25.3 Å². The minimum absolute atomic E-state index is 0.0418. The molecule has 0 amide bonds. The van der Waals surface area contributed by atoms with Gasteiger partial charge in [-0.2, -0.15) is 0 Å². The maximum Gasteiger partial charge on any atom is 0.270 e. The molecule has 0 spiro atoms. The van der Waals surface area contributed by atoms with E-state index >= 15 is 0 Å². The molecule has 0 bridgehead atoms. The van der Waals surface area contributed by atoms with Gasteiger partial charge in [-0.1, -0.05) is 25.4 Å². The summed E-state index contributed by atoms with van der Waals surface area (Å²) in [6.07, 6.45) is 0.659. The van der Waals surface area contributed by atoms with E-state index in [4.69, 9.17) is 11.6 Å². The van der Waals surface area contributed by atoms with Crippen molar-refractivity contribution in [1.82, 2.24) is 4.72 Å². The average Bonchev–Trinajstić information content (AvgIpc) is 2.26. The van der Waals surface area contributed by atoms with E-state index in [1.54, 1.807) is 6.92 Å². The quantitative estimate of drug-likeness (QED) is 0.644. The topological polar surface area (TPSA) is 89.3 Å². The van der Waals surface area contributed by atoms with Crippen molar-refractivity contribution in [3.05, 3.63) is 33.3 Å². The van der Waals surface area contributed by atoms with Gasteiger partial charge in [0.2, 0.25) is 10.0 Å². The number of non-ortho nitro benzene ring substituents is 1. The Morgan fingerprint density at radius 2 is 1.95 bits per heavy atom. The number of halogens is 1. The summed E-state index contributed by atoms with van der Waals surface area (Å²) < 4.78 is 26.9. The zero-order chi connectivity index (χ0) is 15.5. The van der Waals surface area contributed by atoms with Crippen LogP contribution in [0.3, 0.4) is 0 Å². The van der Waals surface area contributed by atoms with Crippen molar-refractivity contribution in [1.29, 1.82) is 0 Å². The number of nitro groups is 1. The van der Waals surface area contributed by atoms with Crippen molar-refractivity contribution < 1.29 is 13.3 Å². The van der Waals surface area contributed by atoms with E-state index in [0.29, 0.717) is 12.3 Å². The highest BCUT2D eigenvalue weighted by Gasteiger charge is 2.23. The number of benzene rings is 1. The Bertz CT molecular complexity index is 601. The molecule has 0 heterocycles. The van der Waals surface area contributed by atoms with Gasteiger partial charge in [0.15, 0.2) is 0 Å². The van der Waals surface area contributed by atoms with Gasteiger partial charge in [0, 0.05) is 18.2 Å². The zero-order valence-corrected chi connectivity index (χ0v) is 13.0. The van der Waals surface area contributed by atoms with E-state index in [1.807, 2.05) is 13.8 Å². The first-order valence-corrected chi connectivity index (χ1v) is 7.96. The normalized spacial score (nSPS) is 13.4. The van der Waals surface area contributed by atoms with E-state index in [9.17, 15) is 18.5 Å². The third-order valence-electron chi connectivity index (χ3n) is 2.60. The molecule has 8 heteroatoms. The van der Waals surface area contributed by atoms with Gasteiger partial charge in [-0.15, -0.1) is 0 Å². The fraction of sp³-hybridized carbons (Fsp3) is 0.500. The lowest BCUT2D eigenvalue weighted by molar-refractivity contribution is -0.385. The van der Waals surface area contributed by atoms with Gasteiger partial charge in [-0.3, -0.25) is 10.1 Å². The summed E-state index contributed by atoms with van der Waals surface area (Å²) in [5, 5.41) is 10.7. The molecule has 20 heavy (non-hydrogen) atoms. The number of sulfonamides is 1. The number of hydrogen-bond donors (Lipinski definition) is 1. The summed E-state index contributed by atoms with van der Waals surface area (Å²) in [7, 11) is -3.88. The van der Waals surface area contributed by atoms with Crippen LogP contribution in [0, 0.1) is 16.0 Å². The third kappa shape index (κ3) is 4.43. The van der Waals surface area contributed by atoms with Gasteiger partial charge < -0.3 is 0 Å². The zero-order valence-electron chi connectivity index (χ0n) is 11.5. The fourth-order valence-corrected chi connectivity index (χ4v) is 3.67. The van der Waals surface area contributed by atoms with Gasteiger partial charge >= 0.3 is 0 Å². The monoisotopic (exact) mass is 320 g/mol. The first-order chi connectivity index (χ1) is 9.13. The van der Waals surface area contributed by atoms with Crippen LogP contribution in [0.25, 0.3) is 0 Å². The molecule has 0 saturated heterocycles. The molecule has 1 rings (SSSR count). The Labute approximate surface area is 123 Å². The van der Waals surface area contributed by atoms with Crippen LogP contribution in [0.1, 0.15) is 27.2 Å². The Morgan fingerprint density at radius 3 is 2.45 bits per heavy atom. The molecular formula is C12H17ClN2O4S. The Balaban J connectivity index is 3.09. The van der Waals surface area contributed by atoms with Crippen LogP contribution < -0.4 is 4.72 Å². The van der Waals surface area contributed by atoms with Crippen LogP contribution in [-0.4, -0.2) is 19.4 Å². The molecule has 0 fully saturated rings. The van der Waals surface area contributed by atoms with Crippen molar-refractivity contribution in [3.8, 4) is 0 Å². The van der Waals surface area contributed by atoms with Crippen molar-refractivity contribution in [2.75, 3.05) is 0 Å². The Morgan fingerprint density at radius 1 is 1.35 bits per heavy atom. The predicted molar refractivity (Wildman–Crippen MR) is 77.3 cm³/mol. The first kappa shape index (κ1) is 16.9. The molecule has 1 N–H and O–H groups in total. The molecule has 0 saturated carbocycles. The summed E-state index contributed by atoms with van der Waals surface area (Å²) in [4.78, 5) is 9.77. The molecule has 0 radical (unpaired) electrons. The molecule has 0 aliphatic heterocycles. The lowest BCUT2D eigenvalue weighted by Gasteiger charge is -2.16. The molecule has 1 aromatic carbocycles. The van der Waals surface area contributed by atoms with E-state index in [2.05, 4.69) is 4.72 Å². The van der Waals surface area contributed by atoms with Crippen LogP contribution in [0.15, 0.2) is 23.1 Å². The number of nitro benzene ring substituents is 1. The lowest BCUT2D eigenvalue weighted by Crippen LogP contribution is -2.33. The van der Waals surface area contributed by atoms with Gasteiger partial charge in [0.25, 0.3) is 5.69 Å². The van der Waals surface area contributed by atoms with Crippen LogP contribution in [0.5, 0.6) is 0 Å². The molecule has 0 aliphatic carbocycles. The average molecular weight is 321 g/mol. The Hall–Kier alpha value is -1.18. The molecule has 112 valence electrons. The highest BCUT2D eigenvalue weighted by molar-refractivity contribution is 7.89. The van der Waals surface area contributed by atoms with E-state index < -0.39 is 14.9 Å². The van der Waals surface area contributed by atoms with E-state index in [-0.39, 0.29) is 21.6 Å². The number of rotatable bonds is 6. The maximum absolute atomic E-state index is 12.2. The highest BCUT2D eigenvalue weighted by atomic mass is 35.5. The largest absolute Gasteiger partial charge is 0.270 e. The van der Waals surface area contributed by atoms with Crippen LogP contribution in [0.2, 0.25) is 5.02 Å². The fourth-order valence-electron chi connectivity index (χ4n) is 1.90. The Kier molecular flexibility index (Phi) is 5.50. The molecule has 1 atom stereocenters. The molecular weight excluding hydrogens is 304 g/mol. The maximum atomic E-state index is 12.2. The molecule has 1 unspecified atom stereocenters. The third-order valence-corrected chi connectivity index (χ3v) is 4.67. The first-order valence-electron chi connectivity index (χ1n) is 6.09. The van der Waals surface area contributed by atoms with Crippen LogP contribution >= 0.6 is 11.6 Å². The summed E-state index contributed by atoms with van der Waals surface area (Å²) in [5.74, 6) is 0.327. The SMILES string of the molecule is CC(C)CC(C)NS(=O)(=O)c1cc([N+](=O)[O-])ccc1Cl. The summed E-state index contributed by atoms with van der Waals surface area (Å²) >= 11 is 5.83.